The number of rotatable bonds is 4. The molecule has 26 heavy (non-hydrogen) atoms. The maximum absolute atomic E-state index is 12.5. The molecule has 6 nitrogen and oxygen atoms in total. The first-order valence-electron chi connectivity index (χ1n) is 8.82. The molecule has 0 bridgehead atoms. The van der Waals surface area contributed by atoms with Crippen LogP contribution in [-0.4, -0.2) is 25.5 Å². The molecule has 1 aromatic carbocycles. The van der Waals surface area contributed by atoms with Crippen LogP contribution in [0.2, 0.25) is 0 Å². The largest absolute Gasteiger partial charge is 0.326 e. The van der Waals surface area contributed by atoms with Crippen molar-refractivity contribution in [2.75, 3.05) is 5.32 Å². The highest BCUT2D eigenvalue weighted by Crippen LogP contribution is 2.29. The number of aromatic nitrogens is 4. The smallest absolute Gasteiger partial charge is 0.252 e. The van der Waals surface area contributed by atoms with Crippen molar-refractivity contribution in [2.24, 2.45) is 0 Å². The Balaban J connectivity index is 1.75. The molecule has 0 fully saturated rings. The van der Waals surface area contributed by atoms with E-state index in [0.29, 0.717) is 18.6 Å². The fourth-order valence-electron chi connectivity index (χ4n) is 3.21. The molecule has 0 aliphatic heterocycles. The van der Waals surface area contributed by atoms with Gasteiger partial charge in [-0.3, -0.25) is 4.79 Å². The zero-order valence-electron chi connectivity index (χ0n) is 16.0. The van der Waals surface area contributed by atoms with Crippen LogP contribution in [0.4, 0.5) is 5.69 Å². The van der Waals surface area contributed by atoms with Gasteiger partial charge in [-0.2, -0.15) is 10.1 Å². The second-order valence-electron chi connectivity index (χ2n) is 7.58. The quantitative estimate of drug-likeness (QED) is 0.779. The molecule has 0 aliphatic rings. The Bertz CT molecular complexity index is 952. The highest BCUT2D eigenvalue weighted by atomic mass is 16.1. The Labute approximate surface area is 153 Å². The summed E-state index contributed by atoms with van der Waals surface area (Å²) in [6.07, 6.45) is 2.50. The average Bonchev–Trinajstić information content (AvgIpc) is 3.02. The van der Waals surface area contributed by atoms with Crippen LogP contribution in [0, 0.1) is 13.8 Å². The summed E-state index contributed by atoms with van der Waals surface area (Å²) >= 11 is 0. The van der Waals surface area contributed by atoms with E-state index in [0.717, 1.165) is 28.2 Å². The van der Waals surface area contributed by atoms with E-state index >= 15 is 0 Å². The summed E-state index contributed by atoms with van der Waals surface area (Å²) in [7, 11) is 0. The number of amides is 1. The zero-order valence-corrected chi connectivity index (χ0v) is 16.0. The molecule has 3 aromatic rings. The van der Waals surface area contributed by atoms with E-state index in [-0.39, 0.29) is 11.3 Å². The third-order valence-corrected chi connectivity index (χ3v) is 4.60. The molecule has 0 radical (unpaired) electrons. The molecule has 136 valence electrons. The summed E-state index contributed by atoms with van der Waals surface area (Å²) in [4.78, 5) is 21.1. The van der Waals surface area contributed by atoms with Crippen LogP contribution >= 0.6 is 0 Å². The Morgan fingerprint density at radius 2 is 1.92 bits per heavy atom. The van der Waals surface area contributed by atoms with Crippen LogP contribution < -0.4 is 5.32 Å². The van der Waals surface area contributed by atoms with E-state index in [1.54, 1.807) is 4.52 Å². The molecule has 3 rings (SSSR count). The standard InChI is InChI=1S/C20H25N5O/c1-13-15(14(2)25-19(23-13)21-12-22-25)10-11-18(26)24-17-9-7-6-8-16(17)20(3,4)5/h6-9,12H,10-11H2,1-5H3,(H,24,26). The molecule has 0 spiro atoms. The maximum atomic E-state index is 12.5. The van der Waals surface area contributed by atoms with E-state index < -0.39 is 0 Å². The van der Waals surface area contributed by atoms with Crippen LogP contribution in [0.1, 0.15) is 49.7 Å². The van der Waals surface area contributed by atoms with Crippen LogP contribution in [0.5, 0.6) is 0 Å². The lowest BCUT2D eigenvalue weighted by molar-refractivity contribution is -0.116. The minimum Gasteiger partial charge on any atom is -0.326 e. The molecule has 0 unspecified atom stereocenters. The normalized spacial score (nSPS) is 11.7. The number of benzene rings is 1. The van der Waals surface area contributed by atoms with E-state index in [2.05, 4.69) is 47.2 Å². The second kappa shape index (κ2) is 6.86. The molecule has 1 amide bonds. The highest BCUT2D eigenvalue weighted by molar-refractivity contribution is 5.91. The van der Waals surface area contributed by atoms with Gasteiger partial charge in [0, 0.05) is 23.5 Å². The zero-order chi connectivity index (χ0) is 18.9. The Kier molecular flexibility index (Phi) is 4.76. The predicted octanol–water partition coefficient (Wildman–Crippen LogP) is 3.61. The number of carbonyl (C=O) groups excluding carboxylic acids is 1. The molecular formula is C20H25N5O. The number of aryl methyl sites for hydroxylation is 2. The third-order valence-electron chi connectivity index (χ3n) is 4.60. The number of carbonyl (C=O) groups is 1. The van der Waals surface area contributed by atoms with E-state index in [1.807, 2.05) is 32.0 Å². The van der Waals surface area contributed by atoms with Crippen LogP contribution in [0.25, 0.3) is 5.78 Å². The van der Waals surface area contributed by atoms with Gasteiger partial charge in [-0.25, -0.2) is 9.50 Å². The summed E-state index contributed by atoms with van der Waals surface area (Å²) < 4.78 is 1.72. The molecule has 0 aliphatic carbocycles. The maximum Gasteiger partial charge on any atom is 0.252 e. The van der Waals surface area contributed by atoms with E-state index in [4.69, 9.17) is 0 Å². The van der Waals surface area contributed by atoms with Gasteiger partial charge < -0.3 is 5.32 Å². The molecule has 0 atom stereocenters. The van der Waals surface area contributed by atoms with Gasteiger partial charge in [0.05, 0.1) is 0 Å². The summed E-state index contributed by atoms with van der Waals surface area (Å²) in [6.45, 7) is 10.4. The van der Waals surface area contributed by atoms with Gasteiger partial charge in [0.15, 0.2) is 0 Å². The molecule has 0 saturated carbocycles. The average molecular weight is 351 g/mol. The number of para-hydroxylation sites is 1. The van der Waals surface area contributed by atoms with Gasteiger partial charge in [0.1, 0.15) is 6.33 Å². The monoisotopic (exact) mass is 351 g/mol. The SMILES string of the molecule is Cc1nc2ncnn2c(C)c1CCC(=O)Nc1ccccc1C(C)(C)C. The fourth-order valence-corrected chi connectivity index (χ4v) is 3.21. The number of nitrogens with zero attached hydrogens (tertiary/aromatic N) is 4. The lowest BCUT2D eigenvalue weighted by atomic mass is 9.86. The third kappa shape index (κ3) is 3.59. The summed E-state index contributed by atoms with van der Waals surface area (Å²) in [5.74, 6) is 0.589. The van der Waals surface area contributed by atoms with E-state index in [9.17, 15) is 4.79 Å². The number of hydrogen-bond acceptors (Lipinski definition) is 4. The predicted molar refractivity (Wildman–Crippen MR) is 102 cm³/mol. The van der Waals surface area contributed by atoms with Crippen molar-refractivity contribution in [3.05, 3.63) is 53.1 Å². The summed E-state index contributed by atoms with van der Waals surface area (Å²) in [5.41, 5.74) is 4.90. The fraction of sp³-hybridized carbons (Fsp3) is 0.400. The van der Waals surface area contributed by atoms with Crippen molar-refractivity contribution in [3.8, 4) is 0 Å². The van der Waals surface area contributed by atoms with Gasteiger partial charge in [0.25, 0.3) is 5.78 Å². The first kappa shape index (κ1) is 18.0. The number of nitrogens with one attached hydrogen (secondary N) is 1. The number of anilines is 1. The van der Waals surface area contributed by atoms with Crippen molar-refractivity contribution < 1.29 is 4.79 Å². The topological polar surface area (TPSA) is 72.2 Å². The highest BCUT2D eigenvalue weighted by Gasteiger charge is 2.19. The second-order valence-corrected chi connectivity index (χ2v) is 7.58. The lowest BCUT2D eigenvalue weighted by Crippen LogP contribution is -2.19. The Morgan fingerprint density at radius 1 is 1.19 bits per heavy atom. The van der Waals surface area contributed by atoms with Crippen molar-refractivity contribution in [1.82, 2.24) is 19.6 Å². The molecule has 2 heterocycles. The van der Waals surface area contributed by atoms with Crippen molar-refractivity contribution >= 4 is 17.4 Å². The first-order valence-corrected chi connectivity index (χ1v) is 8.82. The van der Waals surface area contributed by atoms with Gasteiger partial charge in [-0.05, 0) is 42.9 Å². The van der Waals surface area contributed by atoms with Crippen LogP contribution in [-0.2, 0) is 16.6 Å². The summed E-state index contributed by atoms with van der Waals surface area (Å²) in [5, 5.41) is 7.26. The Hall–Kier alpha value is -2.76. The van der Waals surface area contributed by atoms with E-state index in [1.165, 1.54) is 6.33 Å². The minimum atomic E-state index is -0.0287. The van der Waals surface area contributed by atoms with Gasteiger partial charge >= 0.3 is 0 Å². The van der Waals surface area contributed by atoms with Crippen LogP contribution in [0.3, 0.4) is 0 Å². The first-order chi connectivity index (χ1) is 12.3. The Morgan fingerprint density at radius 3 is 2.65 bits per heavy atom. The molecule has 1 N–H and O–H groups in total. The molecule has 2 aromatic heterocycles. The van der Waals surface area contributed by atoms with Crippen LogP contribution in [0.15, 0.2) is 30.6 Å². The molecular weight excluding hydrogens is 326 g/mol. The number of fused-ring (bicyclic) bond motifs is 1. The lowest BCUT2D eigenvalue weighted by Gasteiger charge is -2.23. The van der Waals surface area contributed by atoms with Crippen molar-refractivity contribution in [3.63, 3.8) is 0 Å². The van der Waals surface area contributed by atoms with Gasteiger partial charge in [-0.1, -0.05) is 39.0 Å². The number of hydrogen-bond donors (Lipinski definition) is 1. The van der Waals surface area contributed by atoms with Gasteiger partial charge in [-0.15, -0.1) is 0 Å². The molecule has 0 saturated heterocycles. The minimum absolute atomic E-state index is 0.000753. The molecule has 6 heteroatoms. The van der Waals surface area contributed by atoms with Gasteiger partial charge in [0.2, 0.25) is 5.91 Å². The summed E-state index contributed by atoms with van der Waals surface area (Å²) in [6, 6.07) is 7.97. The van der Waals surface area contributed by atoms with Crippen molar-refractivity contribution in [2.45, 2.75) is 52.9 Å². The van der Waals surface area contributed by atoms with Crippen molar-refractivity contribution in [1.29, 1.82) is 0 Å².